The van der Waals surface area contributed by atoms with Gasteiger partial charge in [0.2, 0.25) is 11.8 Å². The van der Waals surface area contributed by atoms with Gasteiger partial charge in [0.25, 0.3) is 0 Å². The maximum Gasteiger partial charge on any atom is 0.242 e. The fourth-order valence-corrected chi connectivity index (χ4v) is 5.95. The highest BCUT2D eigenvalue weighted by Gasteiger charge is 2.23. The zero-order valence-corrected chi connectivity index (χ0v) is 23.9. The molecule has 37 heavy (non-hydrogen) atoms. The van der Waals surface area contributed by atoms with Crippen LogP contribution in [0.3, 0.4) is 0 Å². The van der Waals surface area contributed by atoms with Crippen LogP contribution in [0.15, 0.2) is 30.3 Å². The van der Waals surface area contributed by atoms with E-state index in [0.717, 1.165) is 29.7 Å². The van der Waals surface area contributed by atoms with Gasteiger partial charge >= 0.3 is 0 Å². The topological polar surface area (TPSA) is 59.1 Å². The van der Waals surface area contributed by atoms with E-state index >= 15 is 0 Å². The molecule has 0 radical (unpaired) electrons. The fraction of sp³-hybridized carbons (Fsp3) is 0.600. The van der Waals surface area contributed by atoms with Crippen LogP contribution in [0.2, 0.25) is 0 Å². The summed E-state index contributed by atoms with van der Waals surface area (Å²) in [6.07, 6.45) is 9.17. The molecule has 7 heteroatoms. The first kappa shape index (κ1) is 29.0. The van der Waals surface area contributed by atoms with Crippen LogP contribution >= 0.6 is 11.3 Å². The highest BCUT2D eigenvalue weighted by Crippen LogP contribution is 2.29. The Bertz CT molecular complexity index is 999. The smallest absolute Gasteiger partial charge is 0.242 e. The first-order valence-corrected chi connectivity index (χ1v) is 14.6. The predicted molar refractivity (Wildman–Crippen MR) is 150 cm³/mol. The van der Waals surface area contributed by atoms with E-state index in [1.807, 2.05) is 28.0 Å². The van der Waals surface area contributed by atoms with E-state index in [1.165, 1.54) is 30.6 Å². The molecular weight excluding hydrogens is 484 g/mol. The number of hydrogen-bond acceptors (Lipinski definition) is 5. The number of methoxy groups -OCH3 is 2. The summed E-state index contributed by atoms with van der Waals surface area (Å²) in [6, 6.07) is 10.1. The van der Waals surface area contributed by atoms with Gasteiger partial charge in [0.15, 0.2) is 11.5 Å². The standard InChI is InChI=1S/C30H44N2O4S/c1-5-6-18-31(29(33)16-13-24-9-7-8-10-24)22-30(34)32(21-26-14-11-23(2)37-26)19-17-25-12-15-27(35-3)28(20-25)36-4/h11-12,14-15,20,24H,5-10,13,16-19,21-22H2,1-4H3. The summed E-state index contributed by atoms with van der Waals surface area (Å²) < 4.78 is 10.8. The second-order valence-electron chi connectivity index (χ2n) is 10.1. The molecule has 0 aliphatic heterocycles. The summed E-state index contributed by atoms with van der Waals surface area (Å²) in [5.41, 5.74) is 1.08. The number of unbranched alkanes of at least 4 members (excludes halogenated alkanes) is 1. The number of aryl methyl sites for hydroxylation is 1. The molecule has 2 amide bonds. The molecule has 0 unspecified atom stereocenters. The summed E-state index contributed by atoms with van der Waals surface area (Å²) in [7, 11) is 3.26. The number of ether oxygens (including phenoxy) is 2. The van der Waals surface area contributed by atoms with Gasteiger partial charge in [0.1, 0.15) is 0 Å². The maximum atomic E-state index is 13.6. The molecular formula is C30H44N2O4S. The average molecular weight is 529 g/mol. The number of nitrogens with zero attached hydrogens (tertiary/aromatic N) is 2. The van der Waals surface area contributed by atoms with Crippen LogP contribution in [0.4, 0.5) is 0 Å². The Morgan fingerprint density at radius 3 is 2.38 bits per heavy atom. The summed E-state index contributed by atoms with van der Waals surface area (Å²) >= 11 is 1.72. The molecule has 0 spiro atoms. The largest absolute Gasteiger partial charge is 0.493 e. The van der Waals surface area contributed by atoms with E-state index in [0.29, 0.717) is 49.9 Å². The highest BCUT2D eigenvalue weighted by atomic mass is 32.1. The van der Waals surface area contributed by atoms with Crippen molar-refractivity contribution in [2.45, 2.75) is 78.2 Å². The number of carbonyl (C=O) groups excluding carboxylic acids is 2. The van der Waals surface area contributed by atoms with Gasteiger partial charge in [-0.1, -0.05) is 45.1 Å². The molecule has 6 nitrogen and oxygen atoms in total. The van der Waals surface area contributed by atoms with Crippen molar-refractivity contribution in [3.8, 4) is 11.5 Å². The molecule has 1 fully saturated rings. The number of rotatable bonds is 15. The Hall–Kier alpha value is -2.54. The molecule has 1 aliphatic carbocycles. The summed E-state index contributed by atoms with van der Waals surface area (Å²) in [6.45, 7) is 6.13. The van der Waals surface area contributed by atoms with Crippen LogP contribution in [-0.2, 0) is 22.6 Å². The Kier molecular flexibility index (Phi) is 11.8. The van der Waals surface area contributed by atoms with Crippen LogP contribution in [0, 0.1) is 12.8 Å². The number of amides is 2. The predicted octanol–water partition coefficient (Wildman–Crippen LogP) is 6.24. The van der Waals surface area contributed by atoms with Crippen molar-refractivity contribution >= 4 is 23.2 Å². The van der Waals surface area contributed by atoms with E-state index < -0.39 is 0 Å². The number of thiophene rings is 1. The minimum Gasteiger partial charge on any atom is -0.493 e. The normalized spacial score (nSPS) is 13.5. The van der Waals surface area contributed by atoms with Crippen molar-refractivity contribution in [3.05, 3.63) is 45.6 Å². The molecule has 1 aliphatic rings. The monoisotopic (exact) mass is 528 g/mol. The van der Waals surface area contributed by atoms with Gasteiger partial charge in [-0.2, -0.15) is 0 Å². The molecule has 0 bridgehead atoms. The van der Waals surface area contributed by atoms with Crippen LogP contribution in [0.5, 0.6) is 11.5 Å². The van der Waals surface area contributed by atoms with E-state index in [2.05, 4.69) is 26.0 Å². The quantitative estimate of drug-likeness (QED) is 0.274. The van der Waals surface area contributed by atoms with E-state index in [4.69, 9.17) is 9.47 Å². The molecule has 1 aromatic carbocycles. The van der Waals surface area contributed by atoms with Gasteiger partial charge in [-0.25, -0.2) is 0 Å². The third-order valence-corrected chi connectivity index (χ3v) is 8.30. The van der Waals surface area contributed by atoms with E-state index in [1.54, 1.807) is 25.6 Å². The fourth-order valence-electron chi connectivity index (χ4n) is 5.04. The van der Waals surface area contributed by atoms with Crippen molar-refractivity contribution in [2.24, 2.45) is 5.92 Å². The lowest BCUT2D eigenvalue weighted by atomic mass is 10.0. The summed E-state index contributed by atoms with van der Waals surface area (Å²) in [5, 5.41) is 0. The van der Waals surface area contributed by atoms with Crippen molar-refractivity contribution in [2.75, 3.05) is 33.9 Å². The van der Waals surface area contributed by atoms with Gasteiger partial charge in [0, 0.05) is 29.3 Å². The number of hydrogen-bond donors (Lipinski definition) is 0. The molecule has 204 valence electrons. The van der Waals surface area contributed by atoms with Crippen molar-refractivity contribution in [3.63, 3.8) is 0 Å². The molecule has 1 heterocycles. The van der Waals surface area contributed by atoms with Crippen LogP contribution in [-0.4, -0.2) is 55.5 Å². The third-order valence-electron chi connectivity index (χ3n) is 7.32. The van der Waals surface area contributed by atoms with Crippen LogP contribution in [0.1, 0.15) is 73.6 Å². The molecule has 1 aromatic heterocycles. The summed E-state index contributed by atoms with van der Waals surface area (Å²) in [5.74, 6) is 2.19. The lowest BCUT2D eigenvalue weighted by Crippen LogP contribution is -2.43. The second kappa shape index (κ2) is 15.0. The Morgan fingerprint density at radius 2 is 1.73 bits per heavy atom. The van der Waals surface area contributed by atoms with Gasteiger partial charge in [-0.05, 0) is 61.9 Å². The van der Waals surface area contributed by atoms with Crippen LogP contribution < -0.4 is 9.47 Å². The second-order valence-corrected chi connectivity index (χ2v) is 11.5. The lowest BCUT2D eigenvalue weighted by molar-refractivity contribution is -0.141. The molecule has 0 atom stereocenters. The molecule has 2 aromatic rings. The first-order valence-electron chi connectivity index (χ1n) is 13.7. The number of benzene rings is 1. The first-order chi connectivity index (χ1) is 17.9. The lowest BCUT2D eigenvalue weighted by Gasteiger charge is -2.28. The zero-order valence-electron chi connectivity index (χ0n) is 23.1. The summed E-state index contributed by atoms with van der Waals surface area (Å²) in [4.78, 5) is 32.9. The molecule has 0 saturated heterocycles. The average Bonchev–Trinajstić information content (AvgIpc) is 3.58. The third kappa shape index (κ3) is 9.06. The molecule has 3 rings (SSSR count). The minimum atomic E-state index is 0.0110. The Morgan fingerprint density at radius 1 is 0.973 bits per heavy atom. The SMILES string of the molecule is CCCCN(CC(=O)N(CCc1ccc(OC)c(OC)c1)Cc1ccc(C)s1)C(=O)CCC1CCCC1. The van der Waals surface area contributed by atoms with Crippen molar-refractivity contribution < 1.29 is 19.1 Å². The molecule has 0 N–H and O–H groups in total. The molecule has 1 saturated carbocycles. The zero-order chi connectivity index (χ0) is 26.6. The van der Waals surface area contributed by atoms with Gasteiger partial charge in [-0.15, -0.1) is 11.3 Å². The highest BCUT2D eigenvalue weighted by molar-refractivity contribution is 7.11. The van der Waals surface area contributed by atoms with E-state index in [9.17, 15) is 9.59 Å². The Balaban J connectivity index is 1.69. The number of carbonyl (C=O) groups is 2. The van der Waals surface area contributed by atoms with Gasteiger partial charge in [0.05, 0.1) is 27.3 Å². The van der Waals surface area contributed by atoms with Crippen molar-refractivity contribution in [1.29, 1.82) is 0 Å². The van der Waals surface area contributed by atoms with Crippen LogP contribution in [0.25, 0.3) is 0 Å². The van der Waals surface area contributed by atoms with Gasteiger partial charge in [-0.3, -0.25) is 9.59 Å². The minimum absolute atomic E-state index is 0.0110. The maximum absolute atomic E-state index is 13.6. The Labute approximate surface area is 226 Å². The van der Waals surface area contributed by atoms with E-state index in [-0.39, 0.29) is 18.4 Å². The van der Waals surface area contributed by atoms with Crippen molar-refractivity contribution in [1.82, 2.24) is 9.80 Å². The van der Waals surface area contributed by atoms with Gasteiger partial charge < -0.3 is 19.3 Å².